The third kappa shape index (κ3) is 5.64. The van der Waals surface area contributed by atoms with Gasteiger partial charge in [-0.2, -0.15) is 4.58 Å². The number of hydrogen-bond donors (Lipinski definition) is 2. The summed E-state index contributed by atoms with van der Waals surface area (Å²) in [5.41, 5.74) is 9.81. The van der Waals surface area contributed by atoms with Crippen molar-refractivity contribution in [2.75, 3.05) is 31.2 Å². The lowest BCUT2D eigenvalue weighted by atomic mass is 9.79. The average Bonchev–Trinajstić information content (AvgIpc) is 3.50. The molecule has 1 atom stereocenters. The third-order valence-corrected chi connectivity index (χ3v) is 11.1. The number of aliphatic hydroxyl groups excluding tert-OH is 2. The molecule has 4 aromatic rings. The van der Waals surface area contributed by atoms with Gasteiger partial charge in [0.15, 0.2) is 12.3 Å². The second kappa shape index (κ2) is 13.5. The van der Waals surface area contributed by atoms with E-state index in [1.807, 2.05) is 0 Å². The molecule has 4 aromatic carbocycles. The lowest BCUT2D eigenvalue weighted by molar-refractivity contribution is -0.438. The highest BCUT2D eigenvalue weighted by Gasteiger charge is 2.45. The summed E-state index contributed by atoms with van der Waals surface area (Å²) in [6.07, 6.45) is 13.4. The molecule has 4 nitrogen and oxygen atoms in total. The molecule has 0 fully saturated rings. The fourth-order valence-corrected chi connectivity index (χ4v) is 8.60. The van der Waals surface area contributed by atoms with E-state index in [9.17, 15) is 10.2 Å². The van der Waals surface area contributed by atoms with Crippen molar-refractivity contribution in [3.63, 3.8) is 0 Å². The molecule has 1 unspecified atom stereocenters. The highest BCUT2D eigenvalue weighted by Crippen LogP contribution is 2.48. The van der Waals surface area contributed by atoms with E-state index in [0.717, 1.165) is 37.4 Å². The minimum absolute atomic E-state index is 0.162. The molecule has 0 amide bonds. The summed E-state index contributed by atoms with van der Waals surface area (Å²) < 4.78 is 2.40. The molecular weight excluding hydrogens is 612 g/mol. The summed E-state index contributed by atoms with van der Waals surface area (Å²) in [5.74, 6) is 0.232. The molecule has 0 spiro atoms. The molecule has 2 N–H and O–H groups in total. The quantitative estimate of drug-likeness (QED) is 0.176. The maximum absolute atomic E-state index is 9.76. The lowest BCUT2D eigenvalue weighted by Crippen LogP contribution is -2.28. The summed E-state index contributed by atoms with van der Waals surface area (Å²) >= 11 is 7.23. The molecule has 2 aliphatic heterocycles. The van der Waals surface area contributed by atoms with Crippen LogP contribution in [-0.4, -0.2) is 46.8 Å². The number of halogens is 1. The van der Waals surface area contributed by atoms with E-state index in [-0.39, 0.29) is 24.5 Å². The predicted molar refractivity (Wildman–Crippen MR) is 202 cm³/mol. The summed E-state index contributed by atoms with van der Waals surface area (Å²) in [5, 5.41) is 25.4. The zero-order chi connectivity index (χ0) is 33.4. The summed E-state index contributed by atoms with van der Waals surface area (Å²) in [6.45, 7) is 8.80. The van der Waals surface area contributed by atoms with Crippen molar-refractivity contribution in [3.8, 4) is 0 Å². The second-order valence-electron chi connectivity index (χ2n) is 13.9. The molecule has 5 heteroatoms. The van der Waals surface area contributed by atoms with Crippen molar-refractivity contribution >= 4 is 50.2 Å². The Kier molecular flexibility index (Phi) is 9.17. The van der Waals surface area contributed by atoms with Crippen molar-refractivity contribution < 1.29 is 14.8 Å². The standard InChI is InChI=1S/C43H46ClN2O2/c1-29-36(45(25-9-27-47)37-22-17-30-11-4-6-15-34(30)40(29)37)21-19-32-13-8-14-33(42(32)44)20-24-39-43(2,3)41-35-16-7-5-12-31(35)18-23-38(41)46(39)26-10-28-48/h4-7,11-12,15-24,29,47-48H,8-10,13-14,25-28H2,1-3H3/q+1. The Morgan fingerprint density at radius 1 is 0.854 bits per heavy atom. The van der Waals surface area contributed by atoms with Crippen LogP contribution in [0.2, 0.25) is 0 Å². The molecule has 0 saturated heterocycles. The lowest BCUT2D eigenvalue weighted by Gasteiger charge is -2.23. The zero-order valence-corrected chi connectivity index (χ0v) is 29.1. The van der Waals surface area contributed by atoms with Crippen molar-refractivity contribution in [3.05, 3.63) is 130 Å². The van der Waals surface area contributed by atoms with Gasteiger partial charge >= 0.3 is 0 Å². The van der Waals surface area contributed by atoms with Gasteiger partial charge in [0, 0.05) is 66.2 Å². The third-order valence-electron chi connectivity index (χ3n) is 10.6. The van der Waals surface area contributed by atoms with Crippen LogP contribution in [0.1, 0.15) is 69.9 Å². The monoisotopic (exact) mass is 657 g/mol. The maximum Gasteiger partial charge on any atom is 0.210 e. The van der Waals surface area contributed by atoms with Gasteiger partial charge in [-0.05, 0) is 96.0 Å². The largest absolute Gasteiger partial charge is 0.396 e. The van der Waals surface area contributed by atoms with Gasteiger partial charge in [0.05, 0.1) is 5.41 Å². The molecule has 0 aromatic heterocycles. The summed E-state index contributed by atoms with van der Waals surface area (Å²) in [6, 6.07) is 26.2. The molecule has 0 bridgehead atoms. The number of rotatable bonds is 9. The highest BCUT2D eigenvalue weighted by molar-refractivity contribution is 6.32. The molecule has 246 valence electrons. The molecule has 0 saturated carbocycles. The Labute approximate surface area is 289 Å². The first-order chi connectivity index (χ1) is 23.3. The predicted octanol–water partition coefficient (Wildman–Crippen LogP) is 9.80. The number of nitrogens with zero attached hydrogens (tertiary/aromatic N) is 2. The van der Waals surface area contributed by atoms with E-state index < -0.39 is 0 Å². The first kappa shape index (κ1) is 32.6. The van der Waals surface area contributed by atoms with E-state index in [0.29, 0.717) is 12.8 Å². The number of benzene rings is 4. The van der Waals surface area contributed by atoms with Crippen molar-refractivity contribution in [1.29, 1.82) is 0 Å². The molecule has 7 rings (SSSR count). The van der Waals surface area contributed by atoms with Crippen molar-refractivity contribution in [1.82, 2.24) is 0 Å². The van der Waals surface area contributed by atoms with Crippen LogP contribution in [0.4, 0.5) is 11.4 Å². The van der Waals surface area contributed by atoms with Crippen LogP contribution >= 0.6 is 11.6 Å². The van der Waals surface area contributed by atoms with E-state index in [4.69, 9.17) is 11.6 Å². The van der Waals surface area contributed by atoms with Gasteiger partial charge in [-0.25, -0.2) is 0 Å². The van der Waals surface area contributed by atoms with Gasteiger partial charge in [0.25, 0.3) is 0 Å². The van der Waals surface area contributed by atoms with Crippen LogP contribution in [-0.2, 0) is 5.41 Å². The molecule has 48 heavy (non-hydrogen) atoms. The Morgan fingerprint density at radius 3 is 2.33 bits per heavy atom. The summed E-state index contributed by atoms with van der Waals surface area (Å²) in [4.78, 5) is 2.39. The van der Waals surface area contributed by atoms with Gasteiger partial charge in [0.1, 0.15) is 0 Å². The van der Waals surface area contributed by atoms with Crippen molar-refractivity contribution in [2.24, 2.45) is 0 Å². The Morgan fingerprint density at radius 2 is 1.56 bits per heavy atom. The normalized spacial score (nSPS) is 20.7. The average molecular weight is 658 g/mol. The maximum atomic E-state index is 9.76. The minimum Gasteiger partial charge on any atom is -0.396 e. The first-order valence-corrected chi connectivity index (χ1v) is 17.9. The number of hydrogen-bond acceptors (Lipinski definition) is 3. The van der Waals surface area contributed by atoms with Crippen LogP contribution in [0.25, 0.3) is 21.5 Å². The fraction of sp³-hybridized carbons (Fsp3) is 0.326. The van der Waals surface area contributed by atoms with Gasteiger partial charge < -0.3 is 15.1 Å². The SMILES string of the molecule is CC1C(=CC=C2CCCC(C=CC3=[N+](CCCO)c4ccc5ccccc5c4C3(C)C)=C2Cl)N(CCCO)c2ccc3ccccc3c21. The van der Waals surface area contributed by atoms with Gasteiger partial charge in [0.2, 0.25) is 5.69 Å². The molecule has 2 heterocycles. The van der Waals surface area contributed by atoms with Crippen LogP contribution in [0.15, 0.2) is 119 Å². The van der Waals surface area contributed by atoms with Crippen LogP contribution in [0.5, 0.6) is 0 Å². The van der Waals surface area contributed by atoms with Gasteiger partial charge in [-0.1, -0.05) is 85.3 Å². The Hall–Kier alpha value is -3.96. The van der Waals surface area contributed by atoms with Crippen molar-refractivity contribution in [2.45, 2.75) is 64.2 Å². The number of fused-ring (bicyclic) bond motifs is 6. The molecule has 3 aliphatic rings. The second-order valence-corrected chi connectivity index (χ2v) is 14.3. The summed E-state index contributed by atoms with van der Waals surface area (Å²) in [7, 11) is 0. The van der Waals surface area contributed by atoms with Crippen LogP contribution in [0.3, 0.4) is 0 Å². The van der Waals surface area contributed by atoms with E-state index in [1.165, 1.54) is 66.6 Å². The highest BCUT2D eigenvalue weighted by atomic mass is 35.5. The van der Waals surface area contributed by atoms with E-state index >= 15 is 0 Å². The molecular formula is C43H46ClN2O2+. The van der Waals surface area contributed by atoms with Crippen LogP contribution in [0, 0.1) is 0 Å². The molecule has 0 radical (unpaired) electrons. The number of allylic oxidation sites excluding steroid dienone is 8. The van der Waals surface area contributed by atoms with Gasteiger partial charge in [-0.3, -0.25) is 0 Å². The minimum atomic E-state index is -0.206. The first-order valence-electron chi connectivity index (χ1n) is 17.5. The molecule has 1 aliphatic carbocycles. The Balaban J connectivity index is 1.24. The van der Waals surface area contributed by atoms with Crippen LogP contribution < -0.4 is 4.90 Å². The topological polar surface area (TPSA) is 46.7 Å². The smallest absolute Gasteiger partial charge is 0.210 e. The Bertz CT molecular complexity index is 2050. The van der Waals surface area contributed by atoms with E-state index in [2.05, 4.69) is 127 Å². The van der Waals surface area contributed by atoms with Gasteiger partial charge in [-0.15, -0.1) is 0 Å². The number of anilines is 1. The number of aliphatic hydroxyl groups is 2. The van der Waals surface area contributed by atoms with E-state index in [1.54, 1.807) is 0 Å². The fourth-order valence-electron chi connectivity index (χ4n) is 8.29. The zero-order valence-electron chi connectivity index (χ0n) is 28.3.